The van der Waals surface area contributed by atoms with E-state index in [9.17, 15) is 9.59 Å². The van der Waals surface area contributed by atoms with Crippen LogP contribution in [-0.4, -0.2) is 11.8 Å². The van der Waals surface area contributed by atoms with Crippen LogP contribution in [0.3, 0.4) is 0 Å². The molecule has 3 nitrogen and oxygen atoms in total. The number of rotatable bonds is 1. The molecule has 1 aliphatic heterocycles. The van der Waals surface area contributed by atoms with Crippen LogP contribution in [0, 0.1) is 16.7 Å². The van der Waals surface area contributed by atoms with E-state index in [0.717, 1.165) is 25.7 Å². The number of imide groups is 1. The van der Waals surface area contributed by atoms with Crippen molar-refractivity contribution in [2.45, 2.75) is 59.3 Å². The van der Waals surface area contributed by atoms with Gasteiger partial charge in [-0.05, 0) is 30.1 Å². The van der Waals surface area contributed by atoms with E-state index in [2.05, 4.69) is 26.1 Å². The fourth-order valence-corrected chi connectivity index (χ4v) is 4.07. The van der Waals surface area contributed by atoms with Crippen LogP contribution in [0.25, 0.3) is 0 Å². The zero-order valence-corrected chi connectivity index (χ0v) is 11.1. The van der Waals surface area contributed by atoms with Gasteiger partial charge in [0.1, 0.15) is 0 Å². The molecule has 0 aromatic rings. The maximum atomic E-state index is 12.1. The monoisotopic (exact) mass is 237 g/mol. The molecule has 1 spiro atoms. The molecule has 3 heteroatoms. The average Bonchev–Trinajstić information content (AvgIpc) is 2.22. The van der Waals surface area contributed by atoms with E-state index in [1.807, 2.05) is 0 Å². The molecule has 0 aromatic heterocycles. The second-order valence-electron chi connectivity index (χ2n) is 6.30. The third kappa shape index (κ3) is 1.80. The SMILES string of the molecule is CCC1C(=O)NC(=O)CC12CCCCC2(C)C. The molecule has 2 unspecified atom stereocenters. The predicted molar refractivity (Wildman–Crippen MR) is 66.2 cm³/mol. The number of nitrogens with one attached hydrogen (secondary N) is 1. The Morgan fingerprint density at radius 2 is 1.88 bits per heavy atom. The molecule has 1 saturated carbocycles. The molecule has 2 atom stereocenters. The van der Waals surface area contributed by atoms with Crippen molar-refractivity contribution in [3.63, 3.8) is 0 Å². The quantitative estimate of drug-likeness (QED) is 0.713. The standard InChI is InChI=1S/C14H23NO2/c1-4-10-12(17)15-11(16)9-14(10)8-6-5-7-13(14,2)3/h10H,4-9H2,1-3H3,(H,15,16,17). The van der Waals surface area contributed by atoms with Crippen LogP contribution in [0.5, 0.6) is 0 Å². The number of hydrogen-bond donors (Lipinski definition) is 1. The predicted octanol–water partition coefficient (Wildman–Crippen LogP) is 2.65. The molecule has 0 radical (unpaired) electrons. The number of carbonyl (C=O) groups is 2. The molecule has 0 bridgehead atoms. The highest BCUT2D eigenvalue weighted by Crippen LogP contribution is 2.58. The first-order valence-electron chi connectivity index (χ1n) is 6.77. The highest BCUT2D eigenvalue weighted by atomic mass is 16.2. The molecule has 0 aromatic carbocycles. The Bertz CT molecular complexity index is 348. The summed E-state index contributed by atoms with van der Waals surface area (Å²) in [4.78, 5) is 23.8. The van der Waals surface area contributed by atoms with Crippen LogP contribution >= 0.6 is 0 Å². The fraction of sp³-hybridized carbons (Fsp3) is 0.857. The van der Waals surface area contributed by atoms with Crippen molar-refractivity contribution in [1.29, 1.82) is 0 Å². The van der Waals surface area contributed by atoms with Crippen molar-refractivity contribution < 1.29 is 9.59 Å². The van der Waals surface area contributed by atoms with E-state index < -0.39 is 0 Å². The molecular formula is C14H23NO2. The first-order chi connectivity index (χ1) is 7.93. The zero-order chi connectivity index (χ0) is 12.7. The third-order valence-corrected chi connectivity index (χ3v) is 5.15. The number of amides is 2. The molecular weight excluding hydrogens is 214 g/mol. The number of carbonyl (C=O) groups excluding carboxylic acids is 2. The maximum absolute atomic E-state index is 12.1. The maximum Gasteiger partial charge on any atom is 0.230 e. The van der Waals surface area contributed by atoms with Crippen molar-refractivity contribution >= 4 is 11.8 Å². The minimum Gasteiger partial charge on any atom is -0.296 e. The summed E-state index contributed by atoms with van der Waals surface area (Å²) in [7, 11) is 0. The van der Waals surface area contributed by atoms with Crippen LogP contribution < -0.4 is 5.32 Å². The second-order valence-corrected chi connectivity index (χ2v) is 6.30. The molecule has 96 valence electrons. The topological polar surface area (TPSA) is 46.2 Å². The summed E-state index contributed by atoms with van der Waals surface area (Å²) in [6, 6.07) is 0. The molecule has 2 rings (SSSR count). The largest absolute Gasteiger partial charge is 0.296 e. The van der Waals surface area contributed by atoms with Gasteiger partial charge in [-0.1, -0.05) is 33.6 Å². The lowest BCUT2D eigenvalue weighted by molar-refractivity contribution is -0.155. The Labute approximate surface area is 103 Å². The Morgan fingerprint density at radius 1 is 1.24 bits per heavy atom. The van der Waals surface area contributed by atoms with Gasteiger partial charge in [0.25, 0.3) is 0 Å². The molecule has 17 heavy (non-hydrogen) atoms. The summed E-state index contributed by atoms with van der Waals surface area (Å²) < 4.78 is 0. The Kier molecular flexibility index (Phi) is 3.04. The highest BCUT2D eigenvalue weighted by Gasteiger charge is 2.56. The van der Waals surface area contributed by atoms with Gasteiger partial charge in [0.15, 0.2) is 0 Å². The lowest BCUT2D eigenvalue weighted by Crippen LogP contribution is -2.58. The normalized spacial score (nSPS) is 37.0. The van der Waals surface area contributed by atoms with Gasteiger partial charge in [0.2, 0.25) is 11.8 Å². The molecule has 2 fully saturated rings. The van der Waals surface area contributed by atoms with Crippen molar-refractivity contribution in [1.82, 2.24) is 5.32 Å². The van der Waals surface area contributed by atoms with Crippen molar-refractivity contribution in [3.8, 4) is 0 Å². The van der Waals surface area contributed by atoms with Gasteiger partial charge in [-0.3, -0.25) is 14.9 Å². The molecule has 1 saturated heterocycles. The first-order valence-corrected chi connectivity index (χ1v) is 6.77. The summed E-state index contributed by atoms with van der Waals surface area (Å²) in [6.45, 7) is 6.54. The van der Waals surface area contributed by atoms with E-state index in [1.54, 1.807) is 0 Å². The van der Waals surface area contributed by atoms with E-state index in [4.69, 9.17) is 0 Å². The van der Waals surface area contributed by atoms with Crippen LogP contribution in [0.15, 0.2) is 0 Å². The first kappa shape index (κ1) is 12.6. The van der Waals surface area contributed by atoms with E-state index in [1.165, 1.54) is 6.42 Å². The summed E-state index contributed by atoms with van der Waals surface area (Å²) >= 11 is 0. The highest BCUT2D eigenvalue weighted by molar-refractivity contribution is 5.99. The van der Waals surface area contributed by atoms with Crippen LogP contribution in [0.2, 0.25) is 0 Å². The van der Waals surface area contributed by atoms with E-state index >= 15 is 0 Å². The lowest BCUT2D eigenvalue weighted by atomic mass is 9.49. The summed E-state index contributed by atoms with van der Waals surface area (Å²) in [5.74, 6) is -0.108. The molecule has 1 N–H and O–H groups in total. The smallest absolute Gasteiger partial charge is 0.230 e. The van der Waals surface area contributed by atoms with Crippen LogP contribution in [-0.2, 0) is 9.59 Å². The minimum atomic E-state index is -0.0978. The molecule has 1 aliphatic carbocycles. The molecule has 2 amide bonds. The van der Waals surface area contributed by atoms with Crippen LogP contribution in [0.4, 0.5) is 0 Å². The van der Waals surface area contributed by atoms with Gasteiger partial charge >= 0.3 is 0 Å². The van der Waals surface area contributed by atoms with Gasteiger partial charge in [0, 0.05) is 12.3 Å². The minimum absolute atomic E-state index is 0.00972. The van der Waals surface area contributed by atoms with Crippen molar-refractivity contribution in [2.24, 2.45) is 16.7 Å². The summed E-state index contributed by atoms with van der Waals surface area (Å²) in [5.41, 5.74) is -0.00123. The van der Waals surface area contributed by atoms with Crippen molar-refractivity contribution in [3.05, 3.63) is 0 Å². The van der Waals surface area contributed by atoms with E-state index in [0.29, 0.717) is 6.42 Å². The number of hydrogen-bond acceptors (Lipinski definition) is 2. The lowest BCUT2D eigenvalue weighted by Gasteiger charge is -2.55. The van der Waals surface area contributed by atoms with Gasteiger partial charge < -0.3 is 0 Å². The Hall–Kier alpha value is -0.860. The Balaban J connectivity index is 2.42. The van der Waals surface area contributed by atoms with Gasteiger partial charge in [-0.15, -0.1) is 0 Å². The Morgan fingerprint density at radius 3 is 2.47 bits per heavy atom. The van der Waals surface area contributed by atoms with E-state index in [-0.39, 0.29) is 28.6 Å². The molecule has 1 heterocycles. The zero-order valence-electron chi connectivity index (χ0n) is 11.1. The number of piperidine rings is 1. The fourth-order valence-electron chi connectivity index (χ4n) is 4.07. The van der Waals surface area contributed by atoms with Crippen LogP contribution in [0.1, 0.15) is 59.3 Å². The van der Waals surface area contributed by atoms with Gasteiger partial charge in [0.05, 0.1) is 0 Å². The van der Waals surface area contributed by atoms with Gasteiger partial charge in [-0.25, -0.2) is 0 Å². The molecule has 2 aliphatic rings. The average molecular weight is 237 g/mol. The summed E-state index contributed by atoms with van der Waals surface area (Å²) in [5, 5.41) is 2.51. The second kappa shape index (κ2) is 4.11. The third-order valence-electron chi connectivity index (χ3n) is 5.15. The van der Waals surface area contributed by atoms with Gasteiger partial charge in [-0.2, -0.15) is 0 Å². The summed E-state index contributed by atoms with van der Waals surface area (Å²) in [6.07, 6.45) is 5.90. The van der Waals surface area contributed by atoms with Crippen molar-refractivity contribution in [2.75, 3.05) is 0 Å².